The summed E-state index contributed by atoms with van der Waals surface area (Å²) in [7, 11) is 0. The molecule has 5 rings (SSSR count). The molecule has 0 radical (unpaired) electrons. The van der Waals surface area contributed by atoms with Crippen molar-refractivity contribution in [3.63, 3.8) is 0 Å². The van der Waals surface area contributed by atoms with Gasteiger partial charge in [-0.1, -0.05) is 60.7 Å². The Balaban J connectivity index is 1.42. The number of nitrogens with zero attached hydrogens (tertiary/aromatic N) is 4. The van der Waals surface area contributed by atoms with E-state index in [2.05, 4.69) is 57.8 Å². The highest BCUT2D eigenvalue weighted by Gasteiger charge is 2.43. The van der Waals surface area contributed by atoms with Gasteiger partial charge in [-0.05, 0) is 35.7 Å². The largest absolute Gasteiger partial charge is 0.269 e. The molecule has 1 aliphatic rings. The van der Waals surface area contributed by atoms with Gasteiger partial charge in [0.05, 0.1) is 18.4 Å². The molecule has 1 fully saturated rings. The molecule has 0 aliphatic heterocycles. The van der Waals surface area contributed by atoms with E-state index in [1.807, 2.05) is 39.8 Å². The predicted molar refractivity (Wildman–Crippen MR) is 107 cm³/mol. The Morgan fingerprint density at radius 2 is 1.74 bits per heavy atom. The third-order valence-electron chi connectivity index (χ3n) is 5.11. The minimum atomic E-state index is 0.387. The van der Waals surface area contributed by atoms with E-state index in [-0.39, 0.29) is 0 Å². The van der Waals surface area contributed by atoms with Crippen LogP contribution in [0.2, 0.25) is 0 Å². The smallest absolute Gasteiger partial charge is 0.199 e. The SMILES string of the molecule is S=c1[nH]nc([C@H]2C[C@@H]2c2ccccc2)n1-c1cnn(Cc2ccccc2)c1. The lowest BCUT2D eigenvalue weighted by Crippen LogP contribution is -2.01. The zero-order chi connectivity index (χ0) is 18.2. The molecular weight excluding hydrogens is 354 g/mol. The van der Waals surface area contributed by atoms with Gasteiger partial charge >= 0.3 is 0 Å². The highest BCUT2D eigenvalue weighted by atomic mass is 32.1. The van der Waals surface area contributed by atoms with E-state index in [4.69, 9.17) is 12.2 Å². The fourth-order valence-corrected chi connectivity index (χ4v) is 3.93. The maximum atomic E-state index is 5.50. The molecule has 2 aromatic heterocycles. The van der Waals surface area contributed by atoms with Crippen LogP contribution in [0.4, 0.5) is 0 Å². The minimum absolute atomic E-state index is 0.387. The van der Waals surface area contributed by atoms with Crippen LogP contribution in [-0.4, -0.2) is 24.5 Å². The van der Waals surface area contributed by atoms with E-state index in [0.717, 1.165) is 24.5 Å². The number of benzene rings is 2. The van der Waals surface area contributed by atoms with Gasteiger partial charge in [-0.3, -0.25) is 14.3 Å². The number of aromatic amines is 1. The van der Waals surface area contributed by atoms with Gasteiger partial charge in [-0.25, -0.2) is 0 Å². The Hall–Kier alpha value is -2.99. The van der Waals surface area contributed by atoms with Crippen LogP contribution >= 0.6 is 12.2 Å². The lowest BCUT2D eigenvalue weighted by Gasteiger charge is -2.04. The van der Waals surface area contributed by atoms with Crippen molar-refractivity contribution < 1.29 is 0 Å². The number of aromatic nitrogens is 5. The molecule has 0 unspecified atom stereocenters. The number of rotatable bonds is 5. The summed E-state index contributed by atoms with van der Waals surface area (Å²) in [5, 5.41) is 12.0. The van der Waals surface area contributed by atoms with E-state index in [0.29, 0.717) is 16.6 Å². The number of hydrogen-bond acceptors (Lipinski definition) is 3. The van der Waals surface area contributed by atoms with Crippen LogP contribution in [0.15, 0.2) is 73.1 Å². The Bertz CT molecular complexity index is 1110. The second-order valence-corrected chi connectivity index (χ2v) is 7.35. The molecule has 6 heteroatoms. The predicted octanol–water partition coefficient (Wildman–Crippen LogP) is 4.45. The summed E-state index contributed by atoms with van der Waals surface area (Å²) in [6.07, 6.45) is 4.99. The molecule has 2 heterocycles. The van der Waals surface area contributed by atoms with E-state index in [1.165, 1.54) is 11.1 Å². The molecule has 0 saturated heterocycles. The fraction of sp³-hybridized carbons (Fsp3) is 0.190. The maximum absolute atomic E-state index is 5.50. The van der Waals surface area contributed by atoms with Crippen LogP contribution in [0.25, 0.3) is 5.69 Å². The van der Waals surface area contributed by atoms with Gasteiger partial charge in [0, 0.05) is 12.1 Å². The standard InChI is InChI=1S/C21H19N5S/c27-21-24-23-20(19-11-18(19)16-9-5-2-6-10-16)26(21)17-12-22-25(14-17)13-15-7-3-1-4-8-15/h1-10,12,14,18-19H,11,13H2,(H,24,27)/t18-,19+/m1/s1. The van der Waals surface area contributed by atoms with Gasteiger partial charge in [0.15, 0.2) is 4.77 Å². The highest BCUT2D eigenvalue weighted by molar-refractivity contribution is 7.71. The van der Waals surface area contributed by atoms with Crippen molar-refractivity contribution in [2.75, 3.05) is 0 Å². The lowest BCUT2D eigenvalue weighted by atomic mass is 10.1. The zero-order valence-corrected chi connectivity index (χ0v) is 15.5. The molecule has 0 bridgehead atoms. The van der Waals surface area contributed by atoms with Crippen LogP contribution in [0, 0.1) is 4.77 Å². The minimum Gasteiger partial charge on any atom is -0.269 e. The summed E-state index contributed by atoms with van der Waals surface area (Å²) in [4.78, 5) is 0. The third-order valence-corrected chi connectivity index (χ3v) is 5.39. The Morgan fingerprint density at radius 3 is 2.52 bits per heavy atom. The molecule has 27 heavy (non-hydrogen) atoms. The molecule has 2 aromatic carbocycles. The second-order valence-electron chi connectivity index (χ2n) is 6.96. The van der Waals surface area contributed by atoms with E-state index >= 15 is 0 Å². The number of nitrogens with one attached hydrogen (secondary N) is 1. The molecule has 0 amide bonds. The van der Waals surface area contributed by atoms with Gasteiger partial charge in [-0.15, -0.1) is 0 Å². The Labute approximate surface area is 162 Å². The first-order valence-corrected chi connectivity index (χ1v) is 9.49. The molecular formula is C21H19N5S. The second kappa shape index (κ2) is 6.63. The normalized spacial score (nSPS) is 18.5. The van der Waals surface area contributed by atoms with Crippen molar-refractivity contribution in [3.8, 4) is 5.69 Å². The number of H-pyrrole nitrogens is 1. The molecule has 5 nitrogen and oxygen atoms in total. The van der Waals surface area contributed by atoms with Gasteiger partial charge in [0.2, 0.25) is 0 Å². The summed E-state index contributed by atoms with van der Waals surface area (Å²) in [5.74, 6) is 1.89. The zero-order valence-electron chi connectivity index (χ0n) is 14.7. The summed E-state index contributed by atoms with van der Waals surface area (Å²) < 4.78 is 4.57. The molecule has 134 valence electrons. The maximum Gasteiger partial charge on any atom is 0.199 e. The van der Waals surface area contributed by atoms with Crippen molar-refractivity contribution in [1.29, 1.82) is 0 Å². The Morgan fingerprint density at radius 1 is 1.00 bits per heavy atom. The first-order valence-electron chi connectivity index (χ1n) is 9.08. The van der Waals surface area contributed by atoms with Crippen molar-refractivity contribution in [3.05, 3.63) is 94.8 Å². The first kappa shape index (κ1) is 16.2. The molecule has 1 saturated carbocycles. The molecule has 1 N–H and O–H groups in total. The molecule has 2 atom stereocenters. The third kappa shape index (κ3) is 3.13. The monoisotopic (exact) mass is 373 g/mol. The Kier molecular flexibility index (Phi) is 3.98. The number of hydrogen-bond donors (Lipinski definition) is 1. The van der Waals surface area contributed by atoms with E-state index < -0.39 is 0 Å². The quantitative estimate of drug-likeness (QED) is 0.526. The summed E-state index contributed by atoms with van der Waals surface area (Å²) in [6, 6.07) is 20.9. The van der Waals surface area contributed by atoms with Crippen LogP contribution in [0.5, 0.6) is 0 Å². The average Bonchev–Trinajstić information content (AvgIpc) is 3.22. The van der Waals surface area contributed by atoms with Crippen LogP contribution in [0.1, 0.15) is 35.2 Å². The van der Waals surface area contributed by atoms with Crippen molar-refractivity contribution >= 4 is 12.2 Å². The summed E-state index contributed by atoms with van der Waals surface area (Å²) in [6.45, 7) is 0.734. The molecule has 0 spiro atoms. The van der Waals surface area contributed by atoms with Gasteiger partial charge in [0.25, 0.3) is 0 Å². The molecule has 4 aromatic rings. The van der Waals surface area contributed by atoms with Gasteiger partial charge < -0.3 is 0 Å². The van der Waals surface area contributed by atoms with Gasteiger partial charge in [-0.2, -0.15) is 10.2 Å². The summed E-state index contributed by atoms with van der Waals surface area (Å²) >= 11 is 5.50. The van der Waals surface area contributed by atoms with Crippen LogP contribution in [-0.2, 0) is 6.54 Å². The van der Waals surface area contributed by atoms with E-state index in [1.54, 1.807) is 0 Å². The topological polar surface area (TPSA) is 51.4 Å². The molecule has 1 aliphatic carbocycles. The van der Waals surface area contributed by atoms with E-state index in [9.17, 15) is 0 Å². The van der Waals surface area contributed by atoms with Crippen molar-refractivity contribution in [2.45, 2.75) is 24.8 Å². The van der Waals surface area contributed by atoms with Gasteiger partial charge in [0.1, 0.15) is 5.82 Å². The van der Waals surface area contributed by atoms with Crippen LogP contribution < -0.4 is 0 Å². The fourth-order valence-electron chi connectivity index (χ4n) is 3.68. The lowest BCUT2D eigenvalue weighted by molar-refractivity contribution is 0.686. The highest BCUT2D eigenvalue weighted by Crippen LogP contribution is 2.54. The van der Waals surface area contributed by atoms with Crippen molar-refractivity contribution in [1.82, 2.24) is 24.5 Å². The average molecular weight is 373 g/mol. The first-order chi connectivity index (χ1) is 13.3. The van der Waals surface area contributed by atoms with Crippen molar-refractivity contribution in [2.24, 2.45) is 0 Å². The van der Waals surface area contributed by atoms with Crippen LogP contribution in [0.3, 0.4) is 0 Å². The summed E-state index contributed by atoms with van der Waals surface area (Å²) in [5.41, 5.74) is 3.54.